The maximum Gasteiger partial charge on any atom is 0.185 e. The lowest BCUT2D eigenvalue weighted by Gasteiger charge is -2.06. The van der Waals surface area contributed by atoms with E-state index in [2.05, 4.69) is 15.2 Å². The van der Waals surface area contributed by atoms with Crippen molar-refractivity contribution in [2.75, 3.05) is 11.9 Å². The molecule has 0 aliphatic heterocycles. The van der Waals surface area contributed by atoms with Gasteiger partial charge in [-0.05, 0) is 24.3 Å². The maximum absolute atomic E-state index is 8.67. The van der Waals surface area contributed by atoms with Crippen LogP contribution in [0.25, 0.3) is 11.3 Å². The van der Waals surface area contributed by atoms with Gasteiger partial charge in [-0.15, -0.1) is 10.2 Å². The molecule has 2 aromatic rings. The van der Waals surface area contributed by atoms with Gasteiger partial charge in [-0.2, -0.15) is 5.26 Å². The first-order valence-corrected chi connectivity index (χ1v) is 4.69. The van der Waals surface area contributed by atoms with E-state index in [1.54, 1.807) is 25.5 Å². The zero-order chi connectivity index (χ0) is 11.4. The monoisotopic (exact) mass is 211 g/mol. The van der Waals surface area contributed by atoms with Crippen molar-refractivity contribution in [2.45, 2.75) is 0 Å². The first-order chi connectivity index (χ1) is 7.81. The number of rotatable bonds is 2. The third-order valence-electron chi connectivity index (χ3n) is 2.12. The number of nitriles is 1. The van der Waals surface area contributed by atoms with E-state index in [4.69, 9.17) is 5.26 Å². The average molecular weight is 211 g/mol. The lowest BCUT2D eigenvalue weighted by molar-refractivity contribution is 0.993. The van der Waals surface area contributed by atoms with Gasteiger partial charge in [0.15, 0.2) is 12.0 Å². The highest BCUT2D eigenvalue weighted by Crippen LogP contribution is 2.16. The van der Waals surface area contributed by atoms with Gasteiger partial charge in [-0.25, -0.2) is 0 Å². The third-order valence-corrected chi connectivity index (χ3v) is 2.12. The van der Waals surface area contributed by atoms with Crippen molar-refractivity contribution in [1.82, 2.24) is 15.2 Å². The highest BCUT2D eigenvalue weighted by Gasteiger charge is 2.03. The molecular formula is C11H9N5. The summed E-state index contributed by atoms with van der Waals surface area (Å²) >= 11 is 0. The molecule has 0 atom stereocenters. The van der Waals surface area contributed by atoms with E-state index in [0.717, 1.165) is 11.3 Å². The van der Waals surface area contributed by atoms with E-state index in [9.17, 15) is 0 Å². The summed E-state index contributed by atoms with van der Waals surface area (Å²) in [7, 11) is 1.64. The molecule has 0 aliphatic carbocycles. The van der Waals surface area contributed by atoms with E-state index in [1.165, 1.54) is 4.90 Å². The van der Waals surface area contributed by atoms with Crippen LogP contribution in [-0.2, 0) is 0 Å². The zero-order valence-corrected chi connectivity index (χ0v) is 8.70. The Morgan fingerprint density at radius 3 is 2.44 bits per heavy atom. The van der Waals surface area contributed by atoms with Crippen LogP contribution >= 0.6 is 0 Å². The smallest absolute Gasteiger partial charge is 0.185 e. The largest absolute Gasteiger partial charge is 0.265 e. The number of pyridine rings is 1. The average Bonchev–Trinajstić information content (AvgIpc) is 2.39. The molecule has 0 amide bonds. The predicted molar refractivity (Wildman–Crippen MR) is 59.3 cm³/mol. The molecule has 0 saturated heterocycles. The summed E-state index contributed by atoms with van der Waals surface area (Å²) in [4.78, 5) is 5.28. The minimum atomic E-state index is 0.528. The molecule has 0 aromatic carbocycles. The summed E-state index contributed by atoms with van der Waals surface area (Å²) < 4.78 is 0. The van der Waals surface area contributed by atoms with Crippen LogP contribution in [0.1, 0.15) is 0 Å². The molecule has 5 heteroatoms. The first kappa shape index (κ1) is 10.1. The van der Waals surface area contributed by atoms with Crippen LogP contribution in [0.3, 0.4) is 0 Å². The van der Waals surface area contributed by atoms with E-state index < -0.39 is 0 Å². The summed E-state index contributed by atoms with van der Waals surface area (Å²) in [5, 5.41) is 16.7. The molecule has 0 radical (unpaired) electrons. The van der Waals surface area contributed by atoms with Crippen molar-refractivity contribution >= 4 is 5.82 Å². The molecule has 0 spiro atoms. The Morgan fingerprint density at radius 1 is 1.12 bits per heavy atom. The Kier molecular flexibility index (Phi) is 2.74. The molecule has 0 fully saturated rings. The number of hydrogen-bond donors (Lipinski definition) is 0. The van der Waals surface area contributed by atoms with Crippen LogP contribution in [0.15, 0.2) is 36.7 Å². The van der Waals surface area contributed by atoms with Crippen molar-refractivity contribution < 1.29 is 0 Å². The number of anilines is 1. The summed E-state index contributed by atoms with van der Waals surface area (Å²) in [6.07, 6.45) is 5.36. The van der Waals surface area contributed by atoms with E-state index >= 15 is 0 Å². The maximum atomic E-state index is 8.67. The summed E-state index contributed by atoms with van der Waals surface area (Å²) in [6, 6.07) is 7.30. The van der Waals surface area contributed by atoms with E-state index in [-0.39, 0.29) is 0 Å². The molecule has 0 saturated carbocycles. The Labute approximate surface area is 93.0 Å². The molecule has 0 bridgehead atoms. The molecule has 2 rings (SSSR count). The fourth-order valence-electron chi connectivity index (χ4n) is 1.23. The number of aromatic nitrogens is 3. The Morgan fingerprint density at radius 2 is 1.88 bits per heavy atom. The fraction of sp³-hybridized carbons (Fsp3) is 0.0909. The van der Waals surface area contributed by atoms with Crippen LogP contribution in [0.4, 0.5) is 5.82 Å². The summed E-state index contributed by atoms with van der Waals surface area (Å²) in [5.74, 6) is 0.528. The molecule has 2 heterocycles. The highest BCUT2D eigenvalue weighted by atomic mass is 15.2. The van der Waals surface area contributed by atoms with Gasteiger partial charge in [0.2, 0.25) is 0 Å². The summed E-state index contributed by atoms with van der Waals surface area (Å²) in [5.41, 5.74) is 1.71. The second kappa shape index (κ2) is 4.36. The first-order valence-electron chi connectivity index (χ1n) is 4.69. The van der Waals surface area contributed by atoms with Crippen LogP contribution in [0.5, 0.6) is 0 Å². The van der Waals surface area contributed by atoms with E-state index in [0.29, 0.717) is 5.82 Å². The molecule has 16 heavy (non-hydrogen) atoms. The molecule has 0 N–H and O–H groups in total. The quantitative estimate of drug-likeness (QED) is 0.555. The topological polar surface area (TPSA) is 65.7 Å². The fourth-order valence-corrected chi connectivity index (χ4v) is 1.23. The van der Waals surface area contributed by atoms with Crippen LogP contribution < -0.4 is 4.90 Å². The standard InChI is InChI=1S/C11H9N5/c1-16(8-12)11-3-2-10(14-15-11)9-4-6-13-7-5-9/h2-7H,1H3. The van der Waals surface area contributed by atoms with Crippen molar-refractivity contribution in [3.05, 3.63) is 36.7 Å². The van der Waals surface area contributed by atoms with Crippen molar-refractivity contribution in [1.29, 1.82) is 5.26 Å². The molecular weight excluding hydrogens is 202 g/mol. The normalized spacial score (nSPS) is 9.50. The minimum Gasteiger partial charge on any atom is -0.265 e. The van der Waals surface area contributed by atoms with Gasteiger partial charge in [-0.1, -0.05) is 0 Å². The zero-order valence-electron chi connectivity index (χ0n) is 8.70. The lowest BCUT2D eigenvalue weighted by Crippen LogP contribution is -2.10. The Bertz CT molecular complexity index is 500. The Hall–Kier alpha value is -2.48. The van der Waals surface area contributed by atoms with Gasteiger partial charge in [0.25, 0.3) is 0 Å². The van der Waals surface area contributed by atoms with Crippen LogP contribution in [-0.4, -0.2) is 22.2 Å². The second-order valence-corrected chi connectivity index (χ2v) is 3.17. The number of nitrogens with zero attached hydrogens (tertiary/aromatic N) is 5. The summed E-state index contributed by atoms with van der Waals surface area (Å²) in [6.45, 7) is 0. The van der Waals surface area contributed by atoms with Gasteiger partial charge in [0, 0.05) is 25.0 Å². The molecule has 0 aliphatic rings. The number of hydrogen-bond acceptors (Lipinski definition) is 5. The van der Waals surface area contributed by atoms with Gasteiger partial charge >= 0.3 is 0 Å². The van der Waals surface area contributed by atoms with E-state index in [1.807, 2.05) is 24.4 Å². The predicted octanol–water partition coefficient (Wildman–Crippen LogP) is 1.46. The van der Waals surface area contributed by atoms with Gasteiger partial charge in [-0.3, -0.25) is 9.88 Å². The van der Waals surface area contributed by atoms with Crippen molar-refractivity contribution in [3.8, 4) is 17.5 Å². The molecule has 5 nitrogen and oxygen atoms in total. The van der Waals surface area contributed by atoms with Gasteiger partial charge < -0.3 is 0 Å². The molecule has 0 unspecified atom stereocenters. The van der Waals surface area contributed by atoms with Crippen LogP contribution in [0.2, 0.25) is 0 Å². The Balaban J connectivity index is 2.31. The highest BCUT2D eigenvalue weighted by molar-refractivity contribution is 5.59. The molecule has 2 aromatic heterocycles. The minimum absolute atomic E-state index is 0.528. The van der Waals surface area contributed by atoms with Gasteiger partial charge in [0.1, 0.15) is 0 Å². The van der Waals surface area contributed by atoms with Crippen molar-refractivity contribution in [3.63, 3.8) is 0 Å². The SMILES string of the molecule is CN(C#N)c1ccc(-c2ccncc2)nn1. The third kappa shape index (κ3) is 1.96. The molecule has 78 valence electrons. The van der Waals surface area contributed by atoms with Gasteiger partial charge in [0.05, 0.1) is 5.69 Å². The van der Waals surface area contributed by atoms with Crippen LogP contribution in [0, 0.1) is 11.5 Å². The lowest BCUT2D eigenvalue weighted by atomic mass is 10.2. The second-order valence-electron chi connectivity index (χ2n) is 3.17. The van der Waals surface area contributed by atoms with Crippen molar-refractivity contribution in [2.24, 2.45) is 0 Å².